The molecule has 0 saturated carbocycles. The van der Waals surface area contributed by atoms with E-state index in [1.165, 1.54) is 6.20 Å². The third kappa shape index (κ3) is 5.64. The quantitative estimate of drug-likeness (QED) is 0.608. The zero-order chi connectivity index (χ0) is 22.8. The van der Waals surface area contributed by atoms with Crippen LogP contribution in [0, 0.1) is 11.8 Å². The molecule has 0 bridgehead atoms. The van der Waals surface area contributed by atoms with Crippen molar-refractivity contribution >= 4 is 22.6 Å². The van der Waals surface area contributed by atoms with E-state index in [1.807, 2.05) is 13.8 Å². The molecule has 3 rings (SSSR count). The summed E-state index contributed by atoms with van der Waals surface area (Å²) in [6.07, 6.45) is 2.51. The summed E-state index contributed by atoms with van der Waals surface area (Å²) in [5.41, 5.74) is 5.11. The fourth-order valence-electron chi connectivity index (χ4n) is 3.20. The second-order valence-electron chi connectivity index (χ2n) is 8.32. The summed E-state index contributed by atoms with van der Waals surface area (Å²) in [7, 11) is 0. The van der Waals surface area contributed by atoms with Gasteiger partial charge in [0.15, 0.2) is 0 Å². The zero-order valence-electron chi connectivity index (χ0n) is 18.1. The molecule has 8 heteroatoms. The summed E-state index contributed by atoms with van der Waals surface area (Å²) in [5.74, 6) is 5.69. The SMILES string of the molecule is CC(C)Oc1cc2c(OC[C@@H]3CCC(=O)N3)ncc(C#CC(C)(C)O)c2cc1C(N)=O. The normalized spacial score (nSPS) is 16.1. The number of ether oxygens (including phenoxy) is 2. The Bertz CT molecular complexity index is 1080. The lowest BCUT2D eigenvalue weighted by molar-refractivity contribution is -0.119. The summed E-state index contributed by atoms with van der Waals surface area (Å²) >= 11 is 0. The molecule has 1 atom stereocenters. The Hall–Kier alpha value is -3.31. The monoisotopic (exact) mass is 425 g/mol. The molecule has 8 nitrogen and oxygen atoms in total. The van der Waals surface area contributed by atoms with Gasteiger partial charge in [-0.15, -0.1) is 0 Å². The number of fused-ring (bicyclic) bond motifs is 1. The van der Waals surface area contributed by atoms with E-state index in [2.05, 4.69) is 22.1 Å². The van der Waals surface area contributed by atoms with Crippen molar-refractivity contribution in [1.82, 2.24) is 10.3 Å². The van der Waals surface area contributed by atoms with Crippen molar-refractivity contribution in [3.63, 3.8) is 0 Å². The maximum atomic E-state index is 12.1. The van der Waals surface area contributed by atoms with Gasteiger partial charge < -0.3 is 25.6 Å². The van der Waals surface area contributed by atoms with E-state index in [4.69, 9.17) is 15.2 Å². The number of carbonyl (C=O) groups is 2. The number of nitrogens with one attached hydrogen (secondary N) is 1. The molecule has 2 heterocycles. The predicted octanol–water partition coefficient (Wildman–Crippen LogP) is 1.90. The molecule has 2 aromatic rings. The Morgan fingerprint density at radius 3 is 2.71 bits per heavy atom. The van der Waals surface area contributed by atoms with Crippen LogP contribution in [0.2, 0.25) is 0 Å². The first-order chi connectivity index (χ1) is 14.5. The number of primary amides is 1. The van der Waals surface area contributed by atoms with Crippen LogP contribution in [-0.2, 0) is 4.79 Å². The number of aromatic nitrogens is 1. The van der Waals surface area contributed by atoms with Gasteiger partial charge in [0.25, 0.3) is 5.91 Å². The third-order valence-corrected chi connectivity index (χ3v) is 4.59. The molecule has 1 aromatic carbocycles. The number of nitrogens with zero attached hydrogens (tertiary/aromatic N) is 1. The van der Waals surface area contributed by atoms with E-state index in [-0.39, 0.29) is 30.2 Å². The Balaban J connectivity index is 2.11. The van der Waals surface area contributed by atoms with Gasteiger partial charge >= 0.3 is 0 Å². The van der Waals surface area contributed by atoms with Crippen molar-refractivity contribution in [1.29, 1.82) is 0 Å². The molecule has 1 aliphatic rings. The molecule has 164 valence electrons. The standard InChI is InChI=1S/C23H27N3O5/c1-13(2)31-19-10-17-16(9-18(19)21(24)28)14(7-8-23(3,4)29)11-25-22(17)30-12-15-5-6-20(27)26-15/h9-11,13,15,29H,5-6,12H2,1-4H3,(H2,24,28)(H,26,27)/t15-/m0/s1. The average Bonchev–Trinajstić information content (AvgIpc) is 3.08. The number of carbonyl (C=O) groups excluding carboxylic acids is 2. The van der Waals surface area contributed by atoms with Gasteiger partial charge in [-0.1, -0.05) is 11.8 Å². The molecular weight excluding hydrogens is 398 g/mol. The molecule has 1 aromatic heterocycles. The first-order valence-electron chi connectivity index (χ1n) is 10.1. The largest absolute Gasteiger partial charge is 0.490 e. The van der Waals surface area contributed by atoms with E-state index in [9.17, 15) is 14.7 Å². The van der Waals surface area contributed by atoms with Crippen LogP contribution in [-0.4, -0.2) is 46.3 Å². The lowest BCUT2D eigenvalue weighted by Crippen LogP contribution is -2.31. The maximum absolute atomic E-state index is 12.1. The van der Waals surface area contributed by atoms with Crippen molar-refractivity contribution in [3.05, 3.63) is 29.5 Å². The van der Waals surface area contributed by atoms with Crippen molar-refractivity contribution in [2.75, 3.05) is 6.61 Å². The Morgan fingerprint density at radius 1 is 1.39 bits per heavy atom. The Morgan fingerprint density at radius 2 is 2.13 bits per heavy atom. The van der Waals surface area contributed by atoms with Gasteiger partial charge in [0.05, 0.1) is 23.3 Å². The summed E-state index contributed by atoms with van der Waals surface area (Å²) in [6.45, 7) is 7.11. The van der Waals surface area contributed by atoms with E-state index < -0.39 is 11.5 Å². The molecule has 0 radical (unpaired) electrons. The van der Waals surface area contributed by atoms with Gasteiger partial charge in [-0.2, -0.15) is 0 Å². The molecular formula is C23H27N3O5. The topological polar surface area (TPSA) is 124 Å². The van der Waals surface area contributed by atoms with Gasteiger partial charge in [0.2, 0.25) is 11.8 Å². The summed E-state index contributed by atoms with van der Waals surface area (Å²) in [5, 5.41) is 14.0. The number of rotatable bonds is 6. The lowest BCUT2D eigenvalue weighted by atomic mass is 10.0. The molecule has 1 aliphatic heterocycles. The van der Waals surface area contributed by atoms with Crippen molar-refractivity contribution < 1.29 is 24.2 Å². The third-order valence-electron chi connectivity index (χ3n) is 4.59. The predicted molar refractivity (Wildman–Crippen MR) is 116 cm³/mol. The molecule has 0 aliphatic carbocycles. The van der Waals surface area contributed by atoms with E-state index in [0.29, 0.717) is 40.8 Å². The van der Waals surface area contributed by atoms with Gasteiger partial charge in [-0.05, 0) is 46.2 Å². The van der Waals surface area contributed by atoms with Gasteiger partial charge in [0, 0.05) is 23.4 Å². The van der Waals surface area contributed by atoms with E-state index in [1.54, 1.807) is 26.0 Å². The van der Waals surface area contributed by atoms with Crippen LogP contribution in [0.1, 0.15) is 56.5 Å². The molecule has 2 amide bonds. The fourth-order valence-corrected chi connectivity index (χ4v) is 3.20. The number of benzene rings is 1. The van der Waals surface area contributed by atoms with Crippen LogP contribution in [0.15, 0.2) is 18.3 Å². The smallest absolute Gasteiger partial charge is 0.252 e. The van der Waals surface area contributed by atoms with Crippen molar-refractivity contribution in [2.45, 2.75) is 58.3 Å². The van der Waals surface area contributed by atoms with Crippen LogP contribution in [0.3, 0.4) is 0 Å². The van der Waals surface area contributed by atoms with Crippen molar-refractivity contribution in [2.24, 2.45) is 5.73 Å². The molecule has 0 unspecified atom stereocenters. The zero-order valence-corrected chi connectivity index (χ0v) is 18.1. The van der Waals surface area contributed by atoms with Crippen LogP contribution >= 0.6 is 0 Å². The minimum atomic E-state index is -1.20. The number of aliphatic hydroxyl groups is 1. The van der Waals surface area contributed by atoms with Gasteiger partial charge in [0.1, 0.15) is 18.0 Å². The highest BCUT2D eigenvalue weighted by Crippen LogP contribution is 2.33. The van der Waals surface area contributed by atoms with Gasteiger partial charge in [-0.3, -0.25) is 9.59 Å². The van der Waals surface area contributed by atoms with Crippen LogP contribution in [0.4, 0.5) is 0 Å². The van der Waals surface area contributed by atoms with Crippen LogP contribution in [0.25, 0.3) is 10.8 Å². The molecule has 1 fully saturated rings. The minimum absolute atomic E-state index is 0.00220. The first-order valence-corrected chi connectivity index (χ1v) is 10.1. The highest BCUT2D eigenvalue weighted by atomic mass is 16.5. The fraction of sp³-hybridized carbons (Fsp3) is 0.435. The highest BCUT2D eigenvalue weighted by Gasteiger charge is 2.23. The number of pyridine rings is 1. The first kappa shape index (κ1) is 22.4. The van der Waals surface area contributed by atoms with E-state index in [0.717, 1.165) is 0 Å². The Kier molecular flexibility index (Phi) is 6.37. The summed E-state index contributed by atoms with van der Waals surface area (Å²) in [4.78, 5) is 27.9. The highest BCUT2D eigenvalue weighted by molar-refractivity contribution is 6.03. The summed E-state index contributed by atoms with van der Waals surface area (Å²) in [6, 6.07) is 3.19. The number of hydrogen-bond donors (Lipinski definition) is 3. The van der Waals surface area contributed by atoms with Crippen molar-refractivity contribution in [3.8, 4) is 23.5 Å². The van der Waals surface area contributed by atoms with Gasteiger partial charge in [-0.25, -0.2) is 4.98 Å². The molecule has 1 saturated heterocycles. The minimum Gasteiger partial charge on any atom is -0.490 e. The molecule has 31 heavy (non-hydrogen) atoms. The lowest BCUT2D eigenvalue weighted by Gasteiger charge is -2.17. The van der Waals surface area contributed by atoms with E-state index >= 15 is 0 Å². The number of amides is 2. The number of nitrogens with two attached hydrogens (primary N) is 1. The Labute approximate surface area is 181 Å². The average molecular weight is 425 g/mol. The second-order valence-corrected chi connectivity index (χ2v) is 8.32. The molecule has 4 N–H and O–H groups in total. The number of hydrogen-bond acceptors (Lipinski definition) is 6. The summed E-state index contributed by atoms with van der Waals surface area (Å²) < 4.78 is 11.7. The molecule has 0 spiro atoms. The van der Waals surface area contributed by atoms with Crippen LogP contribution in [0.5, 0.6) is 11.6 Å². The maximum Gasteiger partial charge on any atom is 0.252 e. The second kappa shape index (κ2) is 8.82. The van der Waals surface area contributed by atoms with Crippen LogP contribution < -0.4 is 20.5 Å².